The summed E-state index contributed by atoms with van der Waals surface area (Å²) in [4.78, 5) is 10.1. The summed E-state index contributed by atoms with van der Waals surface area (Å²) in [6.45, 7) is 2.07. The van der Waals surface area contributed by atoms with E-state index >= 15 is 0 Å². The molecule has 34 heavy (non-hydrogen) atoms. The highest BCUT2D eigenvalue weighted by molar-refractivity contribution is 7.89. The van der Waals surface area contributed by atoms with Gasteiger partial charge in [-0.25, -0.2) is 22.2 Å². The molecule has 1 heterocycles. The van der Waals surface area contributed by atoms with Crippen LogP contribution in [0.15, 0.2) is 77.8 Å². The van der Waals surface area contributed by atoms with E-state index < -0.39 is 26.7 Å². The van der Waals surface area contributed by atoms with Crippen LogP contribution in [-0.2, 0) is 10.0 Å². The number of rotatable bonds is 9. The lowest BCUT2D eigenvalue weighted by atomic mass is 10.2. The number of nitro groups is 1. The van der Waals surface area contributed by atoms with Crippen LogP contribution in [-0.4, -0.2) is 35.7 Å². The topological polar surface area (TPSA) is 119 Å². The van der Waals surface area contributed by atoms with Crippen LogP contribution in [0.3, 0.4) is 0 Å². The molecule has 1 unspecified atom stereocenters. The van der Waals surface area contributed by atoms with Gasteiger partial charge >= 0.3 is 0 Å². The second-order valence-electron chi connectivity index (χ2n) is 7.61. The van der Waals surface area contributed by atoms with Gasteiger partial charge in [-0.2, -0.15) is 5.10 Å². The Hall–Kier alpha value is -3.83. The van der Waals surface area contributed by atoms with E-state index in [-0.39, 0.29) is 17.3 Å². The Kier molecular flexibility index (Phi) is 6.57. The third-order valence-corrected chi connectivity index (χ3v) is 6.94. The Bertz CT molecular complexity index is 1450. The lowest BCUT2D eigenvalue weighted by molar-refractivity contribution is -0.387. The highest BCUT2D eigenvalue weighted by atomic mass is 32.2. The Balaban J connectivity index is 1.49. The van der Waals surface area contributed by atoms with Crippen molar-refractivity contribution in [1.29, 1.82) is 0 Å². The molecule has 3 aromatic carbocycles. The molecule has 0 radical (unpaired) electrons. The molecule has 1 atom stereocenters. The van der Waals surface area contributed by atoms with Crippen LogP contribution < -0.4 is 10.0 Å². The van der Waals surface area contributed by atoms with E-state index in [1.165, 1.54) is 28.9 Å². The Morgan fingerprint density at radius 2 is 1.85 bits per heavy atom. The quantitative estimate of drug-likeness (QED) is 0.271. The fourth-order valence-electron chi connectivity index (χ4n) is 3.59. The molecule has 0 bridgehead atoms. The number of anilines is 1. The fraction of sp³-hybridized carbons (Fsp3) is 0.174. The molecule has 0 aliphatic carbocycles. The molecule has 9 nitrogen and oxygen atoms in total. The first-order valence-electron chi connectivity index (χ1n) is 10.5. The maximum absolute atomic E-state index is 14.2. The van der Waals surface area contributed by atoms with Crippen molar-refractivity contribution in [2.24, 2.45) is 0 Å². The van der Waals surface area contributed by atoms with E-state index in [0.717, 1.165) is 22.7 Å². The lowest BCUT2D eigenvalue weighted by Crippen LogP contribution is -2.39. The van der Waals surface area contributed by atoms with Gasteiger partial charge in [-0.3, -0.25) is 10.1 Å². The molecule has 4 aromatic rings. The summed E-state index contributed by atoms with van der Waals surface area (Å²) in [5.41, 5.74) is 1.31. The van der Waals surface area contributed by atoms with Crippen LogP contribution in [0.5, 0.6) is 0 Å². The third-order valence-electron chi connectivity index (χ3n) is 5.37. The number of nitro benzene ring substituents is 1. The van der Waals surface area contributed by atoms with E-state index in [2.05, 4.69) is 15.1 Å². The molecule has 2 N–H and O–H groups in total. The van der Waals surface area contributed by atoms with Crippen LogP contribution in [0.4, 0.5) is 15.8 Å². The first-order valence-corrected chi connectivity index (χ1v) is 12.0. The average molecular weight is 484 g/mol. The summed E-state index contributed by atoms with van der Waals surface area (Å²) < 4.78 is 43.8. The maximum Gasteiger partial charge on any atom is 0.289 e. The summed E-state index contributed by atoms with van der Waals surface area (Å²) in [6, 6.07) is 16.5. The van der Waals surface area contributed by atoms with Crippen LogP contribution in [0.1, 0.15) is 13.3 Å². The van der Waals surface area contributed by atoms with Crippen molar-refractivity contribution < 1.29 is 17.7 Å². The van der Waals surface area contributed by atoms with Crippen molar-refractivity contribution in [2.75, 3.05) is 11.9 Å². The van der Waals surface area contributed by atoms with Gasteiger partial charge < -0.3 is 5.32 Å². The first kappa shape index (κ1) is 23.3. The van der Waals surface area contributed by atoms with Gasteiger partial charge in [-0.05, 0) is 42.8 Å². The number of benzene rings is 3. The van der Waals surface area contributed by atoms with Crippen LogP contribution in [0.25, 0.3) is 16.6 Å². The molecule has 1 aromatic heterocycles. The normalized spacial score (nSPS) is 12.5. The van der Waals surface area contributed by atoms with Crippen molar-refractivity contribution in [2.45, 2.75) is 24.3 Å². The number of sulfonamides is 1. The Labute approximate surface area is 195 Å². The zero-order chi connectivity index (χ0) is 24.3. The smallest absolute Gasteiger partial charge is 0.289 e. The minimum absolute atomic E-state index is 0.253. The lowest BCUT2D eigenvalue weighted by Gasteiger charge is -2.18. The van der Waals surface area contributed by atoms with Gasteiger partial charge in [0.2, 0.25) is 10.0 Å². The summed E-state index contributed by atoms with van der Waals surface area (Å²) in [5, 5.41) is 19.5. The number of para-hydroxylation sites is 2. The summed E-state index contributed by atoms with van der Waals surface area (Å²) >= 11 is 0. The number of hydrogen-bond acceptors (Lipinski definition) is 6. The van der Waals surface area contributed by atoms with E-state index in [9.17, 15) is 22.9 Å². The maximum atomic E-state index is 14.2. The molecule has 11 heteroatoms. The van der Waals surface area contributed by atoms with Gasteiger partial charge in [0.05, 0.1) is 16.6 Å². The van der Waals surface area contributed by atoms with Gasteiger partial charge in [0.15, 0.2) is 4.90 Å². The molecule has 0 aliphatic rings. The number of fused-ring (bicyclic) bond motifs is 1. The number of halogens is 1. The molecule has 0 fully saturated rings. The molecule has 4 rings (SSSR count). The van der Waals surface area contributed by atoms with Gasteiger partial charge in [-0.1, -0.05) is 31.2 Å². The van der Waals surface area contributed by atoms with Crippen LogP contribution in [0, 0.1) is 15.9 Å². The van der Waals surface area contributed by atoms with E-state index in [4.69, 9.17) is 0 Å². The van der Waals surface area contributed by atoms with Crippen molar-refractivity contribution in [3.63, 3.8) is 0 Å². The van der Waals surface area contributed by atoms with E-state index in [1.54, 1.807) is 36.5 Å². The summed E-state index contributed by atoms with van der Waals surface area (Å²) in [7, 11) is -4.10. The van der Waals surface area contributed by atoms with E-state index in [0.29, 0.717) is 12.1 Å². The molecule has 0 spiro atoms. The number of aromatic nitrogens is 2. The zero-order valence-electron chi connectivity index (χ0n) is 18.2. The predicted molar refractivity (Wildman–Crippen MR) is 127 cm³/mol. The summed E-state index contributed by atoms with van der Waals surface area (Å²) in [5.74, 6) is -0.383. The van der Waals surface area contributed by atoms with Crippen molar-refractivity contribution in [3.8, 4) is 5.69 Å². The van der Waals surface area contributed by atoms with Crippen molar-refractivity contribution >= 4 is 32.3 Å². The molecule has 0 saturated carbocycles. The second kappa shape index (κ2) is 9.57. The van der Waals surface area contributed by atoms with Crippen LogP contribution in [0.2, 0.25) is 0 Å². The molecule has 176 valence electrons. The SMILES string of the molecule is CCC(CNc1ccc2c(cnn2-c2ccccc2F)c1)NS(=O)(=O)c1ccccc1[N+](=O)[O-]. The molecular formula is C23H22FN5O4S. The highest BCUT2D eigenvalue weighted by Crippen LogP contribution is 2.25. The summed E-state index contributed by atoms with van der Waals surface area (Å²) in [6.07, 6.45) is 2.09. The predicted octanol–water partition coefficient (Wildman–Crippen LogP) is 4.24. The molecular weight excluding hydrogens is 461 g/mol. The number of hydrogen-bond donors (Lipinski definition) is 2. The van der Waals surface area contributed by atoms with Crippen molar-refractivity contribution in [3.05, 3.63) is 88.9 Å². The zero-order valence-corrected chi connectivity index (χ0v) is 19.0. The van der Waals surface area contributed by atoms with Gasteiger partial charge in [0.25, 0.3) is 5.69 Å². The fourth-order valence-corrected chi connectivity index (χ4v) is 5.08. The largest absolute Gasteiger partial charge is 0.383 e. The number of nitrogens with zero attached hydrogens (tertiary/aromatic N) is 3. The minimum Gasteiger partial charge on any atom is -0.383 e. The number of nitrogens with one attached hydrogen (secondary N) is 2. The Morgan fingerprint density at radius 3 is 2.59 bits per heavy atom. The van der Waals surface area contributed by atoms with E-state index in [1.807, 2.05) is 13.0 Å². The van der Waals surface area contributed by atoms with Gasteiger partial charge in [-0.15, -0.1) is 0 Å². The standard InChI is InChI=1S/C23H22FN5O4S/c1-2-17(27-34(32,33)23-10-6-5-9-22(23)29(30)31)15-25-18-11-12-20-16(13-18)14-26-28(20)21-8-4-3-7-19(21)24/h3-14,17,25,27H,2,15H2,1H3. The average Bonchev–Trinajstić information content (AvgIpc) is 3.25. The molecule has 0 amide bonds. The van der Waals surface area contributed by atoms with Gasteiger partial charge in [0.1, 0.15) is 11.5 Å². The molecule has 0 saturated heterocycles. The Morgan fingerprint density at radius 1 is 1.12 bits per heavy atom. The monoisotopic (exact) mass is 483 g/mol. The van der Waals surface area contributed by atoms with Gasteiger partial charge in [0, 0.05) is 29.7 Å². The van der Waals surface area contributed by atoms with Crippen LogP contribution >= 0.6 is 0 Å². The molecule has 0 aliphatic heterocycles. The minimum atomic E-state index is -4.10. The highest BCUT2D eigenvalue weighted by Gasteiger charge is 2.27. The third kappa shape index (κ3) is 4.75. The first-order chi connectivity index (χ1) is 16.3. The van der Waals surface area contributed by atoms with Crippen molar-refractivity contribution in [1.82, 2.24) is 14.5 Å². The second-order valence-corrected chi connectivity index (χ2v) is 9.30.